The second-order valence-electron chi connectivity index (χ2n) is 8.24. The summed E-state index contributed by atoms with van der Waals surface area (Å²) in [6.45, 7) is 5.72. The van der Waals surface area contributed by atoms with Crippen LogP contribution in [0.1, 0.15) is 32.3 Å². The molecule has 3 atom stereocenters. The molecule has 0 radical (unpaired) electrons. The van der Waals surface area contributed by atoms with Gasteiger partial charge in [-0.2, -0.15) is 15.8 Å². The van der Waals surface area contributed by atoms with Crippen molar-refractivity contribution in [3.63, 3.8) is 0 Å². The lowest BCUT2D eigenvalue weighted by Gasteiger charge is -2.47. The van der Waals surface area contributed by atoms with Crippen molar-refractivity contribution in [2.75, 3.05) is 13.1 Å². The molecule has 1 amide bonds. The van der Waals surface area contributed by atoms with Crippen molar-refractivity contribution in [1.29, 1.82) is 21.2 Å². The van der Waals surface area contributed by atoms with Gasteiger partial charge in [0.15, 0.2) is 5.41 Å². The van der Waals surface area contributed by atoms with Crippen LogP contribution in [0.2, 0.25) is 0 Å². The van der Waals surface area contributed by atoms with Gasteiger partial charge in [0.1, 0.15) is 11.5 Å². The Morgan fingerprint density at radius 1 is 1.34 bits per heavy atom. The highest BCUT2D eigenvalue weighted by molar-refractivity contribution is 6.00. The number of amides is 1. The van der Waals surface area contributed by atoms with Crippen LogP contribution >= 0.6 is 0 Å². The summed E-state index contributed by atoms with van der Waals surface area (Å²) in [4.78, 5) is 14.1. The molecule has 0 bridgehead atoms. The van der Waals surface area contributed by atoms with E-state index in [1.807, 2.05) is 12.1 Å². The zero-order valence-corrected chi connectivity index (χ0v) is 16.5. The number of ether oxygens (including phenoxy) is 1. The van der Waals surface area contributed by atoms with Crippen molar-refractivity contribution >= 4 is 11.8 Å². The van der Waals surface area contributed by atoms with Gasteiger partial charge in [0.25, 0.3) is 0 Å². The first-order chi connectivity index (χ1) is 13.7. The van der Waals surface area contributed by atoms with Gasteiger partial charge >= 0.3 is 6.09 Å². The lowest BCUT2D eigenvalue weighted by Crippen LogP contribution is -2.54. The van der Waals surface area contributed by atoms with Crippen molar-refractivity contribution in [1.82, 2.24) is 4.90 Å². The van der Waals surface area contributed by atoms with Crippen LogP contribution < -0.4 is 0 Å². The average Bonchev–Trinajstić information content (AvgIpc) is 3.19. The Balaban J connectivity index is 2.10. The van der Waals surface area contributed by atoms with Gasteiger partial charge < -0.3 is 19.5 Å². The largest absolute Gasteiger partial charge is 0.472 e. The van der Waals surface area contributed by atoms with Crippen LogP contribution in [0.15, 0.2) is 34.7 Å². The van der Waals surface area contributed by atoms with E-state index >= 15 is 0 Å². The summed E-state index contributed by atoms with van der Waals surface area (Å²) in [5.41, 5.74) is -1.49. The third-order valence-corrected chi connectivity index (χ3v) is 5.34. The van der Waals surface area contributed by atoms with E-state index in [1.54, 1.807) is 32.9 Å². The first-order valence-corrected chi connectivity index (χ1v) is 9.19. The standard InChI is InChI=1S/C21H21N5O3/c1-20(2,3)29-19(27)26-6-4-14-15(8-22)18(25)21(11-23,12-24)17(16(14)9-26)13-5-7-28-10-13/h4-5,7,10,15-17,25H,6,9H2,1-3H3/t15?,16-,17+/m1/s1. The molecule has 1 aromatic heterocycles. The second kappa shape index (κ2) is 7.11. The highest BCUT2D eigenvalue weighted by atomic mass is 16.6. The van der Waals surface area contributed by atoms with E-state index in [9.17, 15) is 20.6 Å². The summed E-state index contributed by atoms with van der Waals surface area (Å²) in [7, 11) is 0. The Bertz CT molecular complexity index is 967. The van der Waals surface area contributed by atoms with Crippen molar-refractivity contribution in [3.05, 3.63) is 35.8 Å². The highest BCUT2D eigenvalue weighted by Crippen LogP contribution is 2.53. The van der Waals surface area contributed by atoms with Crippen molar-refractivity contribution < 1.29 is 13.9 Å². The van der Waals surface area contributed by atoms with Gasteiger partial charge in [0, 0.05) is 24.9 Å². The first kappa shape index (κ1) is 20.2. The molecule has 1 aliphatic heterocycles. The molecule has 148 valence electrons. The normalized spacial score (nSPS) is 25.7. The molecule has 29 heavy (non-hydrogen) atoms. The van der Waals surface area contributed by atoms with Crippen LogP contribution in [0.5, 0.6) is 0 Å². The molecule has 3 rings (SSSR count). The molecule has 0 saturated heterocycles. The molecule has 1 aliphatic carbocycles. The molecule has 8 heteroatoms. The second-order valence-corrected chi connectivity index (χ2v) is 8.24. The maximum atomic E-state index is 12.6. The number of carbonyl (C=O) groups excluding carboxylic acids is 1. The molecule has 0 aromatic carbocycles. The smallest absolute Gasteiger partial charge is 0.410 e. The Morgan fingerprint density at radius 3 is 2.55 bits per heavy atom. The number of nitriles is 3. The molecule has 1 unspecified atom stereocenters. The maximum absolute atomic E-state index is 12.6. The van der Waals surface area contributed by atoms with Crippen LogP contribution in [0.25, 0.3) is 0 Å². The molecular formula is C21H21N5O3. The lowest BCUT2D eigenvalue weighted by atomic mass is 9.54. The van der Waals surface area contributed by atoms with Crippen LogP contribution in [-0.2, 0) is 4.74 Å². The molecular weight excluding hydrogens is 370 g/mol. The van der Waals surface area contributed by atoms with Gasteiger partial charge in [-0.25, -0.2) is 4.79 Å². The van der Waals surface area contributed by atoms with Crippen LogP contribution in [0.3, 0.4) is 0 Å². The van der Waals surface area contributed by atoms with Gasteiger partial charge in [-0.05, 0) is 38.0 Å². The Morgan fingerprint density at radius 2 is 2.03 bits per heavy atom. The number of hydrogen-bond acceptors (Lipinski definition) is 7. The number of nitrogens with one attached hydrogen (secondary N) is 1. The number of furan rings is 1. The third kappa shape index (κ3) is 3.26. The summed E-state index contributed by atoms with van der Waals surface area (Å²) in [5.74, 6) is -2.22. The summed E-state index contributed by atoms with van der Waals surface area (Å²) >= 11 is 0. The maximum Gasteiger partial charge on any atom is 0.410 e. The van der Waals surface area contributed by atoms with Gasteiger partial charge in [0.2, 0.25) is 0 Å². The fourth-order valence-corrected chi connectivity index (χ4v) is 4.11. The van der Waals surface area contributed by atoms with E-state index in [2.05, 4.69) is 6.07 Å². The van der Waals surface area contributed by atoms with Crippen LogP contribution in [-0.4, -0.2) is 35.4 Å². The molecule has 1 fully saturated rings. The van der Waals surface area contributed by atoms with Gasteiger partial charge in [-0.3, -0.25) is 0 Å². The Labute approximate surface area is 169 Å². The first-order valence-electron chi connectivity index (χ1n) is 9.19. The fourth-order valence-electron chi connectivity index (χ4n) is 4.11. The van der Waals surface area contributed by atoms with Crippen molar-refractivity contribution in [2.24, 2.45) is 17.3 Å². The van der Waals surface area contributed by atoms with Crippen molar-refractivity contribution in [2.45, 2.75) is 32.3 Å². The van der Waals surface area contributed by atoms with Crippen LogP contribution in [0.4, 0.5) is 4.79 Å². The van der Waals surface area contributed by atoms with Crippen LogP contribution in [0, 0.1) is 56.7 Å². The molecule has 2 heterocycles. The topological polar surface area (TPSA) is 138 Å². The van der Waals surface area contributed by atoms with E-state index in [-0.39, 0.29) is 18.8 Å². The zero-order valence-electron chi connectivity index (χ0n) is 16.5. The number of nitrogens with zero attached hydrogens (tertiary/aromatic N) is 4. The number of rotatable bonds is 1. The van der Waals surface area contributed by atoms with Crippen molar-refractivity contribution in [3.8, 4) is 18.2 Å². The summed E-state index contributed by atoms with van der Waals surface area (Å²) < 4.78 is 10.6. The zero-order chi connectivity index (χ0) is 21.4. The molecule has 0 spiro atoms. The minimum absolute atomic E-state index is 0.174. The minimum Gasteiger partial charge on any atom is -0.472 e. The van der Waals surface area contributed by atoms with E-state index in [0.29, 0.717) is 11.1 Å². The highest BCUT2D eigenvalue weighted by Gasteiger charge is 2.58. The van der Waals surface area contributed by atoms with Gasteiger partial charge in [-0.1, -0.05) is 6.08 Å². The van der Waals surface area contributed by atoms with Gasteiger partial charge in [-0.15, -0.1) is 0 Å². The monoisotopic (exact) mass is 391 g/mol. The lowest BCUT2D eigenvalue weighted by molar-refractivity contribution is 0.0222. The number of fused-ring (bicyclic) bond motifs is 1. The van der Waals surface area contributed by atoms with E-state index in [0.717, 1.165) is 0 Å². The Hall–Kier alpha value is -3.57. The number of hydrogen-bond donors (Lipinski definition) is 1. The average molecular weight is 391 g/mol. The third-order valence-electron chi connectivity index (χ3n) is 5.34. The molecule has 1 saturated carbocycles. The molecule has 2 aliphatic rings. The summed E-state index contributed by atoms with van der Waals surface area (Å²) in [6.07, 6.45) is 4.12. The van der Waals surface area contributed by atoms with E-state index in [4.69, 9.17) is 14.6 Å². The summed E-state index contributed by atoms with van der Waals surface area (Å²) in [6, 6.07) is 7.71. The number of carbonyl (C=O) groups is 1. The summed E-state index contributed by atoms with van der Waals surface area (Å²) in [5, 5.41) is 38.1. The molecule has 1 aromatic rings. The predicted octanol–water partition coefficient (Wildman–Crippen LogP) is 3.36. The predicted molar refractivity (Wildman–Crippen MR) is 101 cm³/mol. The molecule has 8 nitrogen and oxygen atoms in total. The Kier molecular flexibility index (Phi) is 4.95. The quantitative estimate of drug-likeness (QED) is 0.728. The van der Waals surface area contributed by atoms with E-state index in [1.165, 1.54) is 17.4 Å². The van der Waals surface area contributed by atoms with Gasteiger partial charge in [0.05, 0.1) is 36.4 Å². The fraction of sp³-hybridized carbons (Fsp3) is 0.476. The van der Waals surface area contributed by atoms with E-state index < -0.39 is 34.9 Å². The molecule has 1 N–H and O–H groups in total. The minimum atomic E-state index is -1.83. The SMILES string of the molecule is CC(C)(C)OC(=O)N1CC=C2C(C#N)C(=N)C(C#N)(C#N)[C@@H](c3ccoc3)[C@@H]2C1.